The standard InChI is InChI=1S/C16H21BrN4/c1-4-5-8-18-16-19-12(3)10-15(21-16)20-14-7-6-11(2)9-13(14)17/h6-7,9-10H,4-5,8H2,1-3H3,(H2,18,19,20,21). The highest BCUT2D eigenvalue weighted by Gasteiger charge is 2.05. The highest BCUT2D eigenvalue weighted by Crippen LogP contribution is 2.26. The lowest BCUT2D eigenvalue weighted by molar-refractivity contribution is 0.825. The van der Waals surface area contributed by atoms with Crippen LogP contribution in [0.15, 0.2) is 28.7 Å². The third-order valence-electron chi connectivity index (χ3n) is 3.05. The van der Waals surface area contributed by atoms with Crippen LogP contribution in [0.1, 0.15) is 31.0 Å². The maximum absolute atomic E-state index is 4.51. The van der Waals surface area contributed by atoms with E-state index in [9.17, 15) is 0 Å². The Balaban J connectivity index is 2.15. The van der Waals surface area contributed by atoms with Gasteiger partial charge >= 0.3 is 0 Å². The fraction of sp³-hybridized carbons (Fsp3) is 0.375. The molecule has 0 amide bonds. The Hall–Kier alpha value is -1.62. The van der Waals surface area contributed by atoms with Gasteiger partial charge in [-0.2, -0.15) is 4.98 Å². The van der Waals surface area contributed by atoms with E-state index in [1.807, 2.05) is 19.1 Å². The first-order valence-electron chi connectivity index (χ1n) is 7.21. The number of benzene rings is 1. The summed E-state index contributed by atoms with van der Waals surface area (Å²) in [5, 5.41) is 6.60. The van der Waals surface area contributed by atoms with E-state index in [4.69, 9.17) is 0 Å². The maximum atomic E-state index is 4.51. The molecular weight excluding hydrogens is 328 g/mol. The molecule has 21 heavy (non-hydrogen) atoms. The van der Waals surface area contributed by atoms with Crippen LogP contribution < -0.4 is 10.6 Å². The van der Waals surface area contributed by atoms with Crippen LogP contribution in [0.5, 0.6) is 0 Å². The molecule has 0 saturated heterocycles. The van der Waals surface area contributed by atoms with E-state index in [0.29, 0.717) is 5.95 Å². The Bertz CT molecular complexity index is 613. The fourth-order valence-corrected chi connectivity index (χ4v) is 2.54. The van der Waals surface area contributed by atoms with E-state index in [1.165, 1.54) is 5.56 Å². The number of nitrogens with one attached hydrogen (secondary N) is 2. The van der Waals surface area contributed by atoms with Crippen molar-refractivity contribution in [1.82, 2.24) is 9.97 Å². The van der Waals surface area contributed by atoms with E-state index < -0.39 is 0 Å². The van der Waals surface area contributed by atoms with Crippen molar-refractivity contribution in [2.75, 3.05) is 17.2 Å². The number of aryl methyl sites for hydroxylation is 2. The molecule has 2 rings (SSSR count). The van der Waals surface area contributed by atoms with Crippen molar-refractivity contribution in [3.05, 3.63) is 40.0 Å². The largest absolute Gasteiger partial charge is 0.354 e. The minimum absolute atomic E-state index is 0.675. The average molecular weight is 349 g/mol. The molecular formula is C16H21BrN4. The van der Waals surface area contributed by atoms with Crippen LogP contribution in [0.25, 0.3) is 0 Å². The molecule has 5 heteroatoms. The molecule has 1 aromatic heterocycles. The molecule has 2 N–H and O–H groups in total. The Labute approximate surface area is 134 Å². The molecule has 0 aliphatic carbocycles. The van der Waals surface area contributed by atoms with Gasteiger partial charge in [-0.1, -0.05) is 19.4 Å². The van der Waals surface area contributed by atoms with Crippen molar-refractivity contribution < 1.29 is 0 Å². The van der Waals surface area contributed by atoms with Gasteiger partial charge in [-0.05, 0) is 53.9 Å². The molecule has 0 bridgehead atoms. The van der Waals surface area contributed by atoms with E-state index in [0.717, 1.165) is 41.1 Å². The van der Waals surface area contributed by atoms with Gasteiger partial charge in [0, 0.05) is 22.8 Å². The predicted octanol–water partition coefficient (Wildman–Crippen LogP) is 4.81. The van der Waals surface area contributed by atoms with Gasteiger partial charge in [0.1, 0.15) is 5.82 Å². The summed E-state index contributed by atoms with van der Waals surface area (Å²) in [4.78, 5) is 8.92. The second-order valence-corrected chi connectivity index (χ2v) is 5.96. The van der Waals surface area contributed by atoms with Gasteiger partial charge in [0.15, 0.2) is 0 Å². The molecule has 1 aromatic carbocycles. The molecule has 2 aromatic rings. The summed E-state index contributed by atoms with van der Waals surface area (Å²) in [5.74, 6) is 1.47. The molecule has 0 aliphatic rings. The SMILES string of the molecule is CCCCNc1nc(C)cc(Nc2ccc(C)cc2Br)n1. The predicted molar refractivity (Wildman–Crippen MR) is 92.3 cm³/mol. The fourth-order valence-electron chi connectivity index (χ4n) is 1.95. The first kappa shape index (κ1) is 15.8. The van der Waals surface area contributed by atoms with Crippen LogP contribution in [0, 0.1) is 13.8 Å². The van der Waals surface area contributed by atoms with E-state index in [1.54, 1.807) is 0 Å². The van der Waals surface area contributed by atoms with Crippen molar-refractivity contribution in [2.24, 2.45) is 0 Å². The molecule has 1 heterocycles. The third kappa shape index (κ3) is 4.70. The van der Waals surface area contributed by atoms with E-state index in [2.05, 4.69) is 62.5 Å². The second-order valence-electron chi connectivity index (χ2n) is 5.11. The van der Waals surface area contributed by atoms with Crippen molar-refractivity contribution in [2.45, 2.75) is 33.6 Å². The van der Waals surface area contributed by atoms with Gasteiger partial charge in [0.05, 0.1) is 5.69 Å². The lowest BCUT2D eigenvalue weighted by Gasteiger charge is -2.11. The number of hydrogen-bond acceptors (Lipinski definition) is 4. The minimum Gasteiger partial charge on any atom is -0.354 e. The summed E-state index contributed by atoms with van der Waals surface area (Å²) in [7, 11) is 0. The number of rotatable bonds is 6. The van der Waals surface area contributed by atoms with Crippen LogP contribution in [0.2, 0.25) is 0 Å². The third-order valence-corrected chi connectivity index (χ3v) is 3.71. The Morgan fingerprint density at radius 3 is 2.67 bits per heavy atom. The van der Waals surface area contributed by atoms with Crippen LogP contribution in [0.3, 0.4) is 0 Å². The second kappa shape index (κ2) is 7.41. The molecule has 0 unspecified atom stereocenters. The smallest absolute Gasteiger partial charge is 0.224 e. The Morgan fingerprint density at radius 2 is 1.95 bits per heavy atom. The number of aromatic nitrogens is 2. The molecule has 0 saturated carbocycles. The van der Waals surface area contributed by atoms with Gasteiger partial charge < -0.3 is 10.6 Å². The van der Waals surface area contributed by atoms with Crippen molar-refractivity contribution in [3.63, 3.8) is 0 Å². The molecule has 0 fully saturated rings. The summed E-state index contributed by atoms with van der Waals surface area (Å²) in [6, 6.07) is 8.14. The Kier molecular flexibility index (Phi) is 5.56. The lowest BCUT2D eigenvalue weighted by Crippen LogP contribution is -2.07. The molecule has 0 radical (unpaired) electrons. The summed E-state index contributed by atoms with van der Waals surface area (Å²) in [5.41, 5.74) is 3.15. The van der Waals surface area contributed by atoms with Gasteiger partial charge in [-0.15, -0.1) is 0 Å². The number of halogens is 1. The first-order chi connectivity index (χ1) is 10.1. The number of anilines is 3. The van der Waals surface area contributed by atoms with Gasteiger partial charge in [0.25, 0.3) is 0 Å². The number of hydrogen-bond donors (Lipinski definition) is 2. The quantitative estimate of drug-likeness (QED) is 0.735. The first-order valence-corrected chi connectivity index (χ1v) is 8.00. The molecule has 0 aliphatic heterocycles. The van der Waals surface area contributed by atoms with Gasteiger partial charge in [0.2, 0.25) is 5.95 Å². The maximum Gasteiger partial charge on any atom is 0.224 e. The summed E-state index contributed by atoms with van der Waals surface area (Å²) in [6.45, 7) is 7.11. The Morgan fingerprint density at radius 1 is 1.14 bits per heavy atom. The summed E-state index contributed by atoms with van der Waals surface area (Å²) < 4.78 is 1.03. The van der Waals surface area contributed by atoms with Gasteiger partial charge in [-0.25, -0.2) is 4.98 Å². The lowest BCUT2D eigenvalue weighted by atomic mass is 10.2. The molecule has 0 spiro atoms. The topological polar surface area (TPSA) is 49.8 Å². The van der Waals surface area contributed by atoms with Crippen molar-refractivity contribution in [3.8, 4) is 0 Å². The molecule has 0 atom stereocenters. The van der Waals surface area contributed by atoms with Crippen LogP contribution in [-0.4, -0.2) is 16.5 Å². The van der Waals surface area contributed by atoms with Gasteiger partial charge in [-0.3, -0.25) is 0 Å². The van der Waals surface area contributed by atoms with E-state index >= 15 is 0 Å². The van der Waals surface area contributed by atoms with Crippen molar-refractivity contribution in [1.29, 1.82) is 0 Å². The molecule has 112 valence electrons. The zero-order valence-corrected chi connectivity index (χ0v) is 14.3. The minimum atomic E-state index is 0.675. The molecule has 4 nitrogen and oxygen atoms in total. The van der Waals surface area contributed by atoms with E-state index in [-0.39, 0.29) is 0 Å². The zero-order valence-electron chi connectivity index (χ0n) is 12.7. The average Bonchev–Trinajstić information content (AvgIpc) is 2.42. The van der Waals surface area contributed by atoms with Crippen LogP contribution in [0.4, 0.5) is 17.5 Å². The zero-order chi connectivity index (χ0) is 15.2. The van der Waals surface area contributed by atoms with Crippen molar-refractivity contribution >= 4 is 33.4 Å². The normalized spacial score (nSPS) is 10.5. The highest BCUT2D eigenvalue weighted by atomic mass is 79.9. The number of unbranched alkanes of at least 4 members (excludes halogenated alkanes) is 1. The van der Waals surface area contributed by atoms with Crippen LogP contribution in [-0.2, 0) is 0 Å². The van der Waals surface area contributed by atoms with Crippen LogP contribution >= 0.6 is 15.9 Å². The highest BCUT2D eigenvalue weighted by molar-refractivity contribution is 9.10. The number of nitrogens with zero attached hydrogens (tertiary/aromatic N) is 2. The summed E-state index contributed by atoms with van der Waals surface area (Å²) >= 11 is 3.57. The monoisotopic (exact) mass is 348 g/mol. The summed E-state index contributed by atoms with van der Waals surface area (Å²) in [6.07, 6.45) is 2.27.